The normalized spacial score (nSPS) is 36.9. The van der Waals surface area contributed by atoms with Gasteiger partial charge in [-0.2, -0.15) is 0 Å². The highest BCUT2D eigenvalue weighted by molar-refractivity contribution is 5.97. The third kappa shape index (κ3) is 2.48. The molecule has 4 aliphatic rings. The minimum Gasteiger partial charge on any atom is -0.399 e. The quantitative estimate of drug-likeness (QED) is 0.660. The average molecular weight is 284 g/mol. The first-order chi connectivity index (χ1) is 10.1. The van der Waals surface area contributed by atoms with Gasteiger partial charge in [0.15, 0.2) is 5.78 Å². The molecule has 0 radical (unpaired) electrons. The molecule has 0 amide bonds. The van der Waals surface area contributed by atoms with Crippen molar-refractivity contribution in [2.75, 3.05) is 12.3 Å². The Morgan fingerprint density at radius 1 is 1.05 bits per heavy atom. The first-order valence-electron chi connectivity index (χ1n) is 8.26. The Bertz CT molecular complexity index is 514. The predicted molar refractivity (Wildman–Crippen MR) is 84.1 cm³/mol. The fourth-order valence-electron chi connectivity index (χ4n) is 5.37. The SMILES string of the molecule is Nc1ccc(C(=O)CNC23CC4CC(CC(C4)C2)C3)cc1. The van der Waals surface area contributed by atoms with Crippen LogP contribution in [0.2, 0.25) is 0 Å². The summed E-state index contributed by atoms with van der Waals surface area (Å²) in [6.07, 6.45) is 8.17. The third-order valence-electron chi connectivity index (χ3n) is 5.89. The van der Waals surface area contributed by atoms with Crippen molar-refractivity contribution >= 4 is 11.5 Å². The van der Waals surface area contributed by atoms with Gasteiger partial charge in [-0.25, -0.2) is 0 Å². The Morgan fingerprint density at radius 2 is 1.57 bits per heavy atom. The van der Waals surface area contributed by atoms with Crippen LogP contribution in [0.25, 0.3) is 0 Å². The molecule has 4 bridgehead atoms. The van der Waals surface area contributed by atoms with Crippen LogP contribution in [-0.4, -0.2) is 17.9 Å². The lowest BCUT2D eigenvalue weighted by Gasteiger charge is -2.57. The van der Waals surface area contributed by atoms with Gasteiger partial charge >= 0.3 is 0 Å². The molecule has 112 valence electrons. The second-order valence-electron chi connectivity index (χ2n) is 7.60. The van der Waals surface area contributed by atoms with E-state index in [-0.39, 0.29) is 11.3 Å². The van der Waals surface area contributed by atoms with Crippen LogP contribution in [0.4, 0.5) is 5.69 Å². The fourth-order valence-corrected chi connectivity index (χ4v) is 5.37. The van der Waals surface area contributed by atoms with Gasteiger partial charge in [-0.05, 0) is 80.5 Å². The molecule has 21 heavy (non-hydrogen) atoms. The summed E-state index contributed by atoms with van der Waals surface area (Å²) < 4.78 is 0. The van der Waals surface area contributed by atoms with Gasteiger partial charge in [0.05, 0.1) is 6.54 Å². The number of Topliss-reactive ketones (excluding diaryl/α,β-unsaturated/α-hetero) is 1. The Labute approximate surface area is 126 Å². The summed E-state index contributed by atoms with van der Waals surface area (Å²) in [6, 6.07) is 7.27. The van der Waals surface area contributed by atoms with Crippen LogP contribution in [0.15, 0.2) is 24.3 Å². The van der Waals surface area contributed by atoms with Gasteiger partial charge in [0, 0.05) is 16.8 Å². The van der Waals surface area contributed by atoms with Crippen LogP contribution < -0.4 is 11.1 Å². The molecule has 1 aromatic rings. The zero-order valence-electron chi connectivity index (χ0n) is 12.5. The van der Waals surface area contributed by atoms with Crippen molar-refractivity contribution in [1.82, 2.24) is 5.32 Å². The van der Waals surface area contributed by atoms with Gasteiger partial charge in [-0.15, -0.1) is 0 Å². The lowest BCUT2D eigenvalue weighted by molar-refractivity contribution is -0.0186. The van der Waals surface area contributed by atoms with Gasteiger partial charge in [0.25, 0.3) is 0 Å². The maximum Gasteiger partial charge on any atom is 0.176 e. The molecule has 4 fully saturated rings. The molecule has 3 N–H and O–H groups in total. The van der Waals surface area contributed by atoms with Gasteiger partial charge in [-0.3, -0.25) is 4.79 Å². The fraction of sp³-hybridized carbons (Fsp3) is 0.611. The molecule has 0 aliphatic heterocycles. The summed E-state index contributed by atoms with van der Waals surface area (Å²) in [6.45, 7) is 0.468. The van der Waals surface area contributed by atoms with Crippen molar-refractivity contribution in [2.24, 2.45) is 17.8 Å². The van der Waals surface area contributed by atoms with E-state index in [1.165, 1.54) is 38.5 Å². The molecule has 0 saturated heterocycles. The monoisotopic (exact) mass is 284 g/mol. The first kappa shape index (κ1) is 13.3. The second-order valence-corrected chi connectivity index (χ2v) is 7.60. The van der Waals surface area contributed by atoms with E-state index >= 15 is 0 Å². The molecule has 0 heterocycles. The molecule has 0 aromatic heterocycles. The average Bonchev–Trinajstić information content (AvgIpc) is 2.44. The number of ketones is 1. The second kappa shape index (κ2) is 4.84. The topological polar surface area (TPSA) is 55.1 Å². The van der Waals surface area contributed by atoms with Crippen molar-refractivity contribution in [2.45, 2.75) is 44.1 Å². The van der Waals surface area contributed by atoms with E-state index in [0.29, 0.717) is 12.2 Å². The molecule has 0 unspecified atom stereocenters. The summed E-state index contributed by atoms with van der Waals surface area (Å²) in [5.41, 5.74) is 7.41. The van der Waals surface area contributed by atoms with Crippen molar-refractivity contribution in [1.29, 1.82) is 0 Å². The van der Waals surface area contributed by atoms with Gasteiger partial charge in [-0.1, -0.05) is 0 Å². The van der Waals surface area contributed by atoms with Crippen LogP contribution in [0.5, 0.6) is 0 Å². The molecular weight excluding hydrogens is 260 g/mol. The highest BCUT2D eigenvalue weighted by Gasteiger charge is 2.50. The van der Waals surface area contributed by atoms with Crippen LogP contribution in [0.1, 0.15) is 48.9 Å². The van der Waals surface area contributed by atoms with E-state index in [4.69, 9.17) is 5.73 Å². The Balaban J connectivity index is 1.42. The van der Waals surface area contributed by atoms with E-state index in [9.17, 15) is 4.79 Å². The number of nitrogens with two attached hydrogens (primary N) is 1. The minimum atomic E-state index is 0.186. The molecule has 4 saturated carbocycles. The van der Waals surface area contributed by atoms with Crippen molar-refractivity contribution < 1.29 is 4.79 Å². The number of rotatable bonds is 4. The molecule has 1 aromatic carbocycles. The lowest BCUT2D eigenvalue weighted by Crippen LogP contribution is -2.59. The minimum absolute atomic E-state index is 0.186. The smallest absolute Gasteiger partial charge is 0.176 e. The van der Waals surface area contributed by atoms with E-state index in [1.54, 1.807) is 12.1 Å². The van der Waals surface area contributed by atoms with Crippen LogP contribution in [0.3, 0.4) is 0 Å². The standard InChI is InChI=1S/C18H24N2O/c19-16-3-1-15(2-4-16)17(21)11-20-18-8-12-5-13(9-18)7-14(6-12)10-18/h1-4,12-14,20H,5-11,19H2. The number of hydrogen-bond donors (Lipinski definition) is 2. The molecule has 0 atom stereocenters. The summed E-state index contributed by atoms with van der Waals surface area (Å²) in [5.74, 6) is 2.92. The van der Waals surface area contributed by atoms with Gasteiger partial charge < -0.3 is 11.1 Å². The summed E-state index contributed by atoms with van der Waals surface area (Å²) in [7, 11) is 0. The number of benzene rings is 1. The molecule has 0 spiro atoms. The number of hydrogen-bond acceptors (Lipinski definition) is 3. The number of anilines is 1. The summed E-state index contributed by atoms with van der Waals surface area (Å²) in [5, 5.41) is 3.66. The van der Waals surface area contributed by atoms with Crippen molar-refractivity contribution in [3.63, 3.8) is 0 Å². The Hall–Kier alpha value is -1.35. The van der Waals surface area contributed by atoms with Crippen molar-refractivity contribution in [3.05, 3.63) is 29.8 Å². The van der Waals surface area contributed by atoms with Crippen LogP contribution in [-0.2, 0) is 0 Å². The first-order valence-corrected chi connectivity index (χ1v) is 8.26. The highest BCUT2D eigenvalue weighted by atomic mass is 16.1. The zero-order valence-corrected chi connectivity index (χ0v) is 12.5. The molecule has 3 nitrogen and oxygen atoms in total. The molecule has 4 aliphatic carbocycles. The summed E-state index contributed by atoms with van der Waals surface area (Å²) >= 11 is 0. The highest BCUT2D eigenvalue weighted by Crippen LogP contribution is 2.55. The van der Waals surface area contributed by atoms with E-state index < -0.39 is 0 Å². The van der Waals surface area contributed by atoms with E-state index in [1.807, 2.05) is 12.1 Å². The molecule has 3 heteroatoms. The number of carbonyl (C=O) groups is 1. The largest absolute Gasteiger partial charge is 0.399 e. The van der Waals surface area contributed by atoms with Crippen LogP contribution in [0, 0.1) is 17.8 Å². The van der Waals surface area contributed by atoms with Crippen molar-refractivity contribution in [3.8, 4) is 0 Å². The molecular formula is C18H24N2O. The number of nitrogen functional groups attached to an aromatic ring is 1. The van der Waals surface area contributed by atoms with E-state index in [2.05, 4.69) is 5.32 Å². The van der Waals surface area contributed by atoms with Gasteiger partial charge in [0.1, 0.15) is 0 Å². The Kier molecular flexibility index (Phi) is 3.07. The molecule has 5 rings (SSSR count). The number of carbonyl (C=O) groups excluding carboxylic acids is 1. The maximum absolute atomic E-state index is 12.3. The number of nitrogens with one attached hydrogen (secondary N) is 1. The van der Waals surface area contributed by atoms with Crippen LogP contribution >= 0.6 is 0 Å². The van der Waals surface area contributed by atoms with Gasteiger partial charge in [0.2, 0.25) is 0 Å². The maximum atomic E-state index is 12.3. The summed E-state index contributed by atoms with van der Waals surface area (Å²) in [4.78, 5) is 12.3. The van der Waals surface area contributed by atoms with E-state index in [0.717, 1.165) is 23.3 Å². The predicted octanol–water partition coefficient (Wildman–Crippen LogP) is 3.01. The Morgan fingerprint density at radius 3 is 2.10 bits per heavy atom. The third-order valence-corrected chi connectivity index (χ3v) is 5.89. The lowest BCUT2D eigenvalue weighted by atomic mass is 9.53. The zero-order chi connectivity index (χ0) is 14.4.